The molecule has 1 atom stereocenters. The van der Waals surface area contributed by atoms with E-state index in [2.05, 4.69) is 68.7 Å². The minimum absolute atomic E-state index is 0.0444. The molecule has 0 saturated heterocycles. The van der Waals surface area contributed by atoms with Gasteiger partial charge in [0, 0.05) is 55.1 Å². The van der Waals surface area contributed by atoms with Crippen LogP contribution in [0.1, 0.15) is 58.7 Å². The van der Waals surface area contributed by atoms with Gasteiger partial charge in [-0.15, -0.1) is 0 Å². The number of imidazole rings is 1. The van der Waals surface area contributed by atoms with Crippen molar-refractivity contribution in [1.29, 1.82) is 0 Å². The summed E-state index contributed by atoms with van der Waals surface area (Å²) in [7, 11) is 3.94. The first-order valence-electron chi connectivity index (χ1n) is 14.5. The molecule has 218 valence electrons. The van der Waals surface area contributed by atoms with Gasteiger partial charge in [-0.05, 0) is 65.8 Å². The number of likely N-dealkylation sites (N-methyl/N-ethyl adjacent to an activating group) is 1. The van der Waals surface area contributed by atoms with Crippen LogP contribution < -0.4 is 0 Å². The van der Waals surface area contributed by atoms with Gasteiger partial charge in [0.05, 0.1) is 40.5 Å². The summed E-state index contributed by atoms with van der Waals surface area (Å²) in [5.41, 5.74) is 7.42. The van der Waals surface area contributed by atoms with Gasteiger partial charge in [0.2, 0.25) is 5.91 Å². The van der Waals surface area contributed by atoms with Crippen LogP contribution in [0.4, 0.5) is 0 Å². The van der Waals surface area contributed by atoms with Crippen LogP contribution in [0.15, 0.2) is 59.4 Å². The average Bonchev–Trinajstić information content (AvgIpc) is 3.56. The molecule has 0 aliphatic carbocycles. The zero-order valence-electron chi connectivity index (χ0n) is 24.5. The summed E-state index contributed by atoms with van der Waals surface area (Å²) in [5.74, 6) is 0.315. The van der Waals surface area contributed by atoms with Crippen molar-refractivity contribution in [3.63, 3.8) is 0 Å². The van der Waals surface area contributed by atoms with Crippen molar-refractivity contribution < 1.29 is 9.59 Å². The lowest BCUT2D eigenvalue weighted by Crippen LogP contribution is -2.46. The highest BCUT2D eigenvalue weighted by molar-refractivity contribution is 9.10. The topological polar surface area (TPSA) is 90.4 Å². The van der Waals surface area contributed by atoms with E-state index in [-0.39, 0.29) is 17.9 Å². The zero-order valence-corrected chi connectivity index (χ0v) is 26.1. The number of hydrogen-bond donors (Lipinski definition) is 1. The summed E-state index contributed by atoms with van der Waals surface area (Å²) in [6.45, 7) is 6.54. The molecule has 0 spiro atoms. The molecule has 0 bridgehead atoms. The molecule has 4 heterocycles. The summed E-state index contributed by atoms with van der Waals surface area (Å²) in [5, 5.41) is 5.11. The number of carbonyl (C=O) groups is 2. The summed E-state index contributed by atoms with van der Waals surface area (Å²) < 4.78 is 2.92. The lowest BCUT2D eigenvalue weighted by molar-refractivity contribution is -0.126. The number of rotatable bonds is 6. The lowest BCUT2D eigenvalue weighted by atomic mass is 9.94. The van der Waals surface area contributed by atoms with Crippen molar-refractivity contribution in [3.8, 4) is 5.69 Å². The molecule has 10 heteroatoms. The Morgan fingerprint density at radius 1 is 1.12 bits per heavy atom. The van der Waals surface area contributed by atoms with Crippen molar-refractivity contribution in [2.24, 2.45) is 0 Å². The Labute approximate surface area is 254 Å². The molecule has 2 aliphatic rings. The Hall–Kier alpha value is -3.76. The van der Waals surface area contributed by atoms with Crippen molar-refractivity contribution in [3.05, 3.63) is 87.4 Å². The van der Waals surface area contributed by atoms with E-state index in [0.717, 1.165) is 32.6 Å². The van der Waals surface area contributed by atoms with Crippen LogP contribution in [0.5, 0.6) is 0 Å². The summed E-state index contributed by atoms with van der Waals surface area (Å²) in [6, 6.07) is 12.0. The third-order valence-electron chi connectivity index (χ3n) is 8.28. The highest BCUT2D eigenvalue weighted by Crippen LogP contribution is 2.38. The first kappa shape index (κ1) is 28.4. The zero-order chi connectivity index (χ0) is 29.5. The molecule has 2 aromatic carbocycles. The molecule has 1 N–H and O–H groups in total. The number of fused-ring (bicyclic) bond motifs is 1. The highest BCUT2D eigenvalue weighted by atomic mass is 79.9. The lowest BCUT2D eigenvalue weighted by Gasteiger charge is -2.38. The molecule has 0 fully saturated rings. The summed E-state index contributed by atoms with van der Waals surface area (Å²) in [4.78, 5) is 41.0. The van der Waals surface area contributed by atoms with Crippen molar-refractivity contribution in [2.45, 2.75) is 38.6 Å². The predicted molar refractivity (Wildman–Crippen MR) is 167 cm³/mol. The molecule has 2 amide bonds. The van der Waals surface area contributed by atoms with Gasteiger partial charge >= 0.3 is 0 Å². The molecule has 42 heavy (non-hydrogen) atoms. The number of nitrogens with zero attached hydrogens (tertiary/aromatic N) is 6. The standard InChI is InChI=1S/C32H36BrN7O2/c1-20(2)21-7-9-22(10-8-21)40-26-14-17-39(32(42)23-11-12-24(33)31-30(23)34-19-35-31)27-18-38(16-13-25(36-40)29(26)27)28(41)6-5-15-37(3)4/h5-12,19-20,27H,13-18H2,1-4H3,(H,34,35)/t27-/m0/s1. The van der Waals surface area contributed by atoms with E-state index in [1.54, 1.807) is 12.4 Å². The van der Waals surface area contributed by atoms with Gasteiger partial charge < -0.3 is 19.7 Å². The van der Waals surface area contributed by atoms with Crippen LogP contribution in [0.2, 0.25) is 0 Å². The second-order valence-corrected chi connectivity index (χ2v) is 12.5. The quantitative estimate of drug-likeness (QED) is 0.307. The number of carbonyl (C=O) groups excluding carboxylic acids is 2. The normalized spacial score (nSPS) is 17.0. The number of aromatic nitrogens is 4. The maximum absolute atomic E-state index is 14.3. The third kappa shape index (κ3) is 5.18. The van der Waals surface area contributed by atoms with Crippen molar-refractivity contribution in [1.82, 2.24) is 34.4 Å². The number of benzene rings is 2. The fourth-order valence-electron chi connectivity index (χ4n) is 6.05. The minimum Gasteiger partial charge on any atom is -0.344 e. The van der Waals surface area contributed by atoms with Gasteiger partial charge in [-0.3, -0.25) is 9.59 Å². The number of aromatic amines is 1. The number of amides is 2. The van der Waals surface area contributed by atoms with Gasteiger partial charge in [-0.1, -0.05) is 32.1 Å². The maximum atomic E-state index is 14.3. The van der Waals surface area contributed by atoms with Gasteiger partial charge in [0.25, 0.3) is 5.91 Å². The van der Waals surface area contributed by atoms with Crippen LogP contribution in [0.3, 0.4) is 0 Å². The van der Waals surface area contributed by atoms with E-state index in [1.165, 1.54) is 5.56 Å². The molecule has 2 aliphatic heterocycles. The molecule has 6 rings (SSSR count). The Morgan fingerprint density at radius 3 is 2.64 bits per heavy atom. The molecule has 0 saturated carbocycles. The van der Waals surface area contributed by atoms with Crippen LogP contribution in [-0.2, 0) is 17.6 Å². The molecular formula is C32H36BrN7O2. The molecule has 0 unspecified atom stereocenters. The SMILES string of the molecule is CC(C)c1ccc(-n2nc3c4c2CCN(C(=O)c2ccc(Br)c5[nH]cnc25)[C@H]4CN(C(=O)C=CCN(C)C)CC3)cc1. The monoisotopic (exact) mass is 629 g/mol. The van der Waals surface area contributed by atoms with Crippen LogP contribution >= 0.6 is 15.9 Å². The summed E-state index contributed by atoms with van der Waals surface area (Å²) >= 11 is 3.56. The van der Waals surface area contributed by atoms with Gasteiger partial charge in [0.1, 0.15) is 5.52 Å². The molecule has 2 aromatic heterocycles. The number of nitrogens with one attached hydrogen (secondary N) is 1. The average molecular weight is 631 g/mol. The van der Waals surface area contributed by atoms with Crippen LogP contribution in [0, 0.1) is 0 Å². The second-order valence-electron chi connectivity index (χ2n) is 11.6. The van der Waals surface area contributed by atoms with Gasteiger partial charge in [-0.2, -0.15) is 5.10 Å². The van der Waals surface area contributed by atoms with Crippen LogP contribution in [0.25, 0.3) is 16.7 Å². The predicted octanol–water partition coefficient (Wildman–Crippen LogP) is 4.88. The number of hydrogen-bond acceptors (Lipinski definition) is 5. The van der Waals surface area contributed by atoms with Gasteiger partial charge in [-0.25, -0.2) is 9.67 Å². The first-order chi connectivity index (χ1) is 20.2. The Balaban J connectivity index is 1.40. The fourth-order valence-corrected chi connectivity index (χ4v) is 6.48. The highest BCUT2D eigenvalue weighted by Gasteiger charge is 2.40. The maximum Gasteiger partial charge on any atom is 0.256 e. The third-order valence-corrected chi connectivity index (χ3v) is 8.94. The smallest absolute Gasteiger partial charge is 0.256 e. The van der Waals surface area contributed by atoms with Gasteiger partial charge in [0.15, 0.2) is 0 Å². The Morgan fingerprint density at radius 2 is 1.90 bits per heavy atom. The van der Waals surface area contributed by atoms with E-state index in [0.29, 0.717) is 56.0 Å². The fraction of sp³-hybridized carbons (Fsp3) is 0.375. The van der Waals surface area contributed by atoms with Crippen LogP contribution in [-0.4, -0.2) is 86.5 Å². The van der Waals surface area contributed by atoms with Crippen molar-refractivity contribution >= 4 is 38.8 Å². The van der Waals surface area contributed by atoms with E-state index in [9.17, 15) is 9.59 Å². The second kappa shape index (κ2) is 11.5. The largest absolute Gasteiger partial charge is 0.344 e. The van der Waals surface area contributed by atoms with E-state index < -0.39 is 0 Å². The molecule has 4 aromatic rings. The van der Waals surface area contributed by atoms with E-state index >= 15 is 0 Å². The summed E-state index contributed by atoms with van der Waals surface area (Å²) in [6.07, 6.45) is 6.45. The molecular weight excluding hydrogens is 594 g/mol. The Kier molecular flexibility index (Phi) is 7.76. The number of halogens is 1. The van der Waals surface area contributed by atoms with E-state index in [1.807, 2.05) is 47.0 Å². The Bertz CT molecular complexity index is 1670. The molecule has 9 nitrogen and oxygen atoms in total. The minimum atomic E-state index is -0.314. The molecule has 0 radical (unpaired) electrons. The van der Waals surface area contributed by atoms with Crippen molar-refractivity contribution in [2.75, 3.05) is 40.3 Å². The number of H-pyrrole nitrogens is 1. The first-order valence-corrected chi connectivity index (χ1v) is 15.3. The van der Waals surface area contributed by atoms with E-state index in [4.69, 9.17) is 5.10 Å².